The van der Waals surface area contributed by atoms with Gasteiger partial charge in [0.05, 0.1) is 35.2 Å². The number of carbonyl (C=O) groups excluding carboxylic acids is 3. The van der Waals surface area contributed by atoms with Gasteiger partial charge in [-0.05, 0) is 90.1 Å². The highest BCUT2D eigenvalue weighted by Crippen LogP contribution is 2.32. The van der Waals surface area contributed by atoms with Crippen LogP contribution in [0.3, 0.4) is 0 Å². The van der Waals surface area contributed by atoms with Gasteiger partial charge in [-0.2, -0.15) is 4.98 Å². The first-order chi connectivity index (χ1) is 29.9. The third kappa shape index (κ3) is 10.8. The third-order valence-corrected chi connectivity index (χ3v) is 12.8. The number of hydrogen-bond acceptors (Lipinski definition) is 14. The Morgan fingerprint density at radius 1 is 0.839 bits per heavy atom. The van der Waals surface area contributed by atoms with Crippen molar-refractivity contribution in [2.75, 3.05) is 66.7 Å². The normalized spacial score (nSPS) is 14.6. The van der Waals surface area contributed by atoms with Crippen molar-refractivity contribution in [2.45, 2.75) is 98.4 Å². The molecule has 0 aromatic carbocycles. The number of unbranched alkanes of at least 4 members (excludes halogenated alkanes) is 4. The Morgan fingerprint density at radius 3 is 2.27 bits per heavy atom. The van der Waals surface area contributed by atoms with E-state index in [0.29, 0.717) is 64.5 Å². The molecule has 2 amide bonds. The van der Waals surface area contributed by atoms with E-state index in [2.05, 4.69) is 51.0 Å². The third-order valence-electron chi connectivity index (χ3n) is 11.8. The summed E-state index contributed by atoms with van der Waals surface area (Å²) in [6.07, 6.45) is 12.4. The highest BCUT2D eigenvalue weighted by atomic mass is 32.1. The molecule has 2 aliphatic rings. The number of piperazine rings is 1. The molecule has 1 saturated carbocycles. The van der Waals surface area contributed by atoms with Gasteiger partial charge < -0.3 is 20.9 Å². The molecule has 5 aromatic heterocycles. The lowest BCUT2D eigenvalue weighted by atomic mass is 10.0. The quantitative estimate of drug-likeness (QED) is 0.0527. The number of nitrogens with zero attached hydrogens (tertiary/aromatic N) is 8. The van der Waals surface area contributed by atoms with E-state index in [4.69, 9.17) is 4.98 Å². The van der Waals surface area contributed by atoms with Crippen LogP contribution < -0.4 is 31.7 Å². The molecule has 4 N–H and O–H groups in total. The highest BCUT2D eigenvalue weighted by Gasteiger charge is 2.26. The predicted molar refractivity (Wildman–Crippen MR) is 245 cm³/mol. The molecule has 6 heterocycles. The zero-order chi connectivity index (χ0) is 43.8. The molecular formula is C45H58N12O4S. The van der Waals surface area contributed by atoms with Crippen molar-refractivity contribution in [3.05, 3.63) is 80.0 Å². The summed E-state index contributed by atoms with van der Waals surface area (Å²) < 4.78 is 1.71. The second-order valence-corrected chi connectivity index (χ2v) is 17.6. The van der Waals surface area contributed by atoms with Crippen LogP contribution in [-0.4, -0.2) is 97.8 Å². The Bertz CT molecular complexity index is 2430. The average molecular weight is 863 g/mol. The summed E-state index contributed by atoms with van der Waals surface area (Å²) in [7, 11) is 0. The van der Waals surface area contributed by atoms with Crippen molar-refractivity contribution in [1.29, 1.82) is 0 Å². The maximum Gasteiger partial charge on any atom is 0.263 e. The van der Waals surface area contributed by atoms with Gasteiger partial charge in [0.2, 0.25) is 11.9 Å². The molecule has 7 rings (SSSR count). The smallest absolute Gasteiger partial charge is 0.263 e. The van der Waals surface area contributed by atoms with Crippen LogP contribution in [0.25, 0.3) is 11.0 Å². The molecule has 0 radical (unpaired) electrons. The van der Waals surface area contributed by atoms with Crippen LogP contribution in [-0.2, 0) is 4.79 Å². The van der Waals surface area contributed by atoms with Gasteiger partial charge in [0.25, 0.3) is 11.5 Å². The van der Waals surface area contributed by atoms with E-state index >= 15 is 0 Å². The molecule has 5 aromatic rings. The fraction of sp³-hybridized carbons (Fsp3) is 0.489. The summed E-state index contributed by atoms with van der Waals surface area (Å²) in [6, 6.07) is 7.55. The van der Waals surface area contributed by atoms with E-state index < -0.39 is 0 Å². The second-order valence-electron chi connectivity index (χ2n) is 16.4. The van der Waals surface area contributed by atoms with Gasteiger partial charge in [-0.15, -0.1) is 11.3 Å². The van der Waals surface area contributed by atoms with Crippen molar-refractivity contribution < 1.29 is 14.4 Å². The number of rotatable bonds is 18. The molecule has 1 aliphatic carbocycles. The Morgan fingerprint density at radius 2 is 1.58 bits per heavy atom. The van der Waals surface area contributed by atoms with Crippen LogP contribution in [0.2, 0.25) is 0 Å². The molecule has 1 saturated heterocycles. The first-order valence-electron chi connectivity index (χ1n) is 21.8. The number of aryl methyl sites for hydroxylation is 4. The van der Waals surface area contributed by atoms with Gasteiger partial charge in [-0.3, -0.25) is 34.0 Å². The number of hydrogen-bond donors (Lipinski definition) is 4. The SMILES string of the molecule is CC(=O)c1c(C)c2cnc(Nc3ccc(N4CCN(CC(=O)NCCCCCCCNc5nc(C)ccc5C(=O)Nc5nc(C)c(C)s5)CC4)cn3)nc2n(C2CCCC2)c1=O. The molecular weight excluding hydrogens is 805 g/mol. The lowest BCUT2D eigenvalue weighted by Crippen LogP contribution is -2.49. The van der Waals surface area contributed by atoms with Gasteiger partial charge in [0.15, 0.2) is 10.9 Å². The molecule has 16 nitrogen and oxygen atoms in total. The topological polar surface area (TPSA) is 192 Å². The molecule has 2 fully saturated rings. The number of amides is 2. The molecule has 62 heavy (non-hydrogen) atoms. The van der Waals surface area contributed by atoms with Crippen molar-refractivity contribution in [3.63, 3.8) is 0 Å². The average Bonchev–Trinajstić information content (AvgIpc) is 3.89. The number of nitrogens with one attached hydrogen (secondary N) is 4. The number of pyridine rings is 3. The summed E-state index contributed by atoms with van der Waals surface area (Å²) in [5.74, 6) is 1.09. The fourth-order valence-electron chi connectivity index (χ4n) is 8.27. The van der Waals surface area contributed by atoms with Crippen LogP contribution in [0.4, 0.5) is 28.4 Å². The number of aromatic nitrogens is 6. The second kappa shape index (κ2) is 20.4. The van der Waals surface area contributed by atoms with E-state index in [-0.39, 0.29) is 34.8 Å². The van der Waals surface area contributed by atoms with Crippen molar-refractivity contribution in [3.8, 4) is 0 Å². The standard InChI is InChI=1S/C45H58N12O4S/c1-28-15-17-35(42(60)54-45-51-30(3)32(5)62-45)40(50-28)47-20-12-8-6-7-11-19-46-38(59)27-55-21-23-56(24-22-55)34-16-18-37(48-25-34)52-44-49-26-36-29(2)39(31(4)58)43(61)57(41(36)53-44)33-13-9-10-14-33/h15-18,25-26,33H,6-14,19-24,27H2,1-5H3,(H,46,59)(H,47,50)(H,51,54,60)(H,48,49,52,53). The first kappa shape index (κ1) is 44.3. The van der Waals surface area contributed by atoms with Crippen molar-refractivity contribution >= 4 is 68.4 Å². The zero-order valence-corrected chi connectivity index (χ0v) is 37.3. The number of Topliss-reactive ketones (excluding diaryl/α,β-unsaturated/α-hetero) is 1. The molecule has 0 atom stereocenters. The number of thiazole rings is 1. The summed E-state index contributed by atoms with van der Waals surface area (Å²) in [6.45, 7) is 13.9. The van der Waals surface area contributed by atoms with Crippen molar-refractivity contribution in [1.82, 2.24) is 39.7 Å². The lowest BCUT2D eigenvalue weighted by molar-refractivity contribution is -0.122. The minimum atomic E-state index is -0.277. The van der Waals surface area contributed by atoms with Gasteiger partial charge in [-0.1, -0.05) is 32.1 Å². The van der Waals surface area contributed by atoms with Crippen molar-refractivity contribution in [2.24, 2.45) is 0 Å². The summed E-state index contributed by atoms with van der Waals surface area (Å²) in [4.78, 5) is 80.2. The minimum Gasteiger partial charge on any atom is -0.369 e. The van der Waals surface area contributed by atoms with Gasteiger partial charge in [0, 0.05) is 67.5 Å². The van der Waals surface area contributed by atoms with Gasteiger partial charge in [0.1, 0.15) is 17.3 Å². The van der Waals surface area contributed by atoms with Crippen LogP contribution in [0.15, 0.2) is 41.5 Å². The number of anilines is 5. The van der Waals surface area contributed by atoms with Gasteiger partial charge in [-0.25, -0.2) is 19.9 Å². The monoisotopic (exact) mass is 862 g/mol. The van der Waals surface area contributed by atoms with Gasteiger partial charge >= 0.3 is 0 Å². The maximum atomic E-state index is 13.6. The minimum absolute atomic E-state index is 0.00673. The molecule has 328 valence electrons. The van der Waals surface area contributed by atoms with Crippen LogP contribution >= 0.6 is 11.3 Å². The van der Waals surface area contributed by atoms with E-state index in [1.165, 1.54) is 18.3 Å². The maximum absolute atomic E-state index is 13.6. The van der Waals surface area contributed by atoms with Crippen LogP contribution in [0, 0.1) is 27.7 Å². The Balaban J connectivity index is 0.789. The Hall–Kier alpha value is -5.81. The first-order valence-corrected chi connectivity index (χ1v) is 22.6. The van der Waals surface area contributed by atoms with E-state index in [0.717, 1.165) is 106 Å². The molecule has 0 unspecified atom stereocenters. The fourth-order valence-corrected chi connectivity index (χ4v) is 9.08. The van der Waals surface area contributed by atoms with Crippen LogP contribution in [0.1, 0.15) is 113 Å². The van der Waals surface area contributed by atoms with E-state index in [1.54, 1.807) is 23.8 Å². The molecule has 1 aliphatic heterocycles. The summed E-state index contributed by atoms with van der Waals surface area (Å²) in [5.41, 5.74) is 4.34. The van der Waals surface area contributed by atoms with Crippen LogP contribution in [0.5, 0.6) is 0 Å². The number of fused-ring (bicyclic) bond motifs is 1. The predicted octanol–water partition coefficient (Wildman–Crippen LogP) is 6.89. The number of carbonyl (C=O) groups is 3. The Labute approximate surface area is 366 Å². The molecule has 0 bridgehead atoms. The Kier molecular flexibility index (Phi) is 14.5. The lowest BCUT2D eigenvalue weighted by Gasteiger charge is -2.35. The highest BCUT2D eigenvalue weighted by molar-refractivity contribution is 7.15. The number of ketones is 1. The zero-order valence-electron chi connectivity index (χ0n) is 36.5. The van der Waals surface area contributed by atoms with E-state index in [1.807, 2.05) is 45.2 Å². The molecule has 17 heteroatoms. The summed E-state index contributed by atoms with van der Waals surface area (Å²) in [5, 5.41) is 13.8. The largest absolute Gasteiger partial charge is 0.369 e. The van der Waals surface area contributed by atoms with E-state index in [9.17, 15) is 19.2 Å². The molecule has 0 spiro atoms. The summed E-state index contributed by atoms with van der Waals surface area (Å²) >= 11 is 1.46.